The largest absolute Gasteiger partial charge is 0.494 e. The lowest BCUT2D eigenvalue weighted by molar-refractivity contribution is 0.0963. The topological polar surface area (TPSA) is 80.8 Å². The number of carbonyl (C=O) groups is 2. The molecule has 0 aliphatic carbocycles. The summed E-state index contributed by atoms with van der Waals surface area (Å²) < 4.78 is 11.5. The molecule has 0 aliphatic rings. The van der Waals surface area contributed by atoms with E-state index in [1.165, 1.54) is 14.2 Å². The minimum Gasteiger partial charge on any atom is -0.494 e. The van der Waals surface area contributed by atoms with Gasteiger partial charge in [0.15, 0.2) is 5.75 Å². The van der Waals surface area contributed by atoms with Crippen LogP contribution in [-0.2, 0) is 4.74 Å². The van der Waals surface area contributed by atoms with E-state index in [1.807, 2.05) is 60.7 Å². The van der Waals surface area contributed by atoms with Crippen LogP contribution in [0.15, 0.2) is 78.9 Å². The van der Waals surface area contributed by atoms with Gasteiger partial charge in [-0.05, 0) is 52.9 Å². The lowest BCUT2D eigenvalue weighted by Crippen LogP contribution is -2.46. The number of nitrogens with one attached hydrogen (secondary N) is 1. The van der Waals surface area contributed by atoms with Crippen LogP contribution in [-0.4, -0.2) is 31.2 Å². The minimum atomic E-state index is -0.775. The molecule has 1 heterocycles. The maximum atomic E-state index is 14.0. The summed E-state index contributed by atoms with van der Waals surface area (Å²) >= 11 is 2.17. The molecule has 3 aromatic carbocycles. The van der Waals surface area contributed by atoms with E-state index in [0.29, 0.717) is 28.0 Å². The molecule has 7 nitrogen and oxygen atoms in total. The van der Waals surface area contributed by atoms with Gasteiger partial charge in [0.1, 0.15) is 5.69 Å². The van der Waals surface area contributed by atoms with Crippen molar-refractivity contribution in [2.75, 3.05) is 19.2 Å². The Labute approximate surface area is 204 Å². The molecule has 166 valence electrons. The number of pyridine rings is 1. The Morgan fingerprint density at radius 3 is 2.24 bits per heavy atom. The number of hydrogen-bond acceptors (Lipinski definition) is 5. The zero-order valence-electron chi connectivity index (χ0n) is 17.9. The Morgan fingerprint density at radius 1 is 0.909 bits per heavy atom. The summed E-state index contributed by atoms with van der Waals surface area (Å²) in [5.74, 6) is -0.179. The van der Waals surface area contributed by atoms with E-state index in [9.17, 15) is 9.59 Å². The van der Waals surface area contributed by atoms with Crippen molar-refractivity contribution in [2.45, 2.75) is 0 Å². The van der Waals surface area contributed by atoms with Gasteiger partial charge in [0.2, 0.25) is 0 Å². The average Bonchev–Trinajstić information content (AvgIpc) is 2.86. The van der Waals surface area contributed by atoms with E-state index < -0.39 is 12.0 Å². The van der Waals surface area contributed by atoms with E-state index >= 15 is 0 Å². The number of benzene rings is 3. The predicted molar refractivity (Wildman–Crippen MR) is 135 cm³/mol. The summed E-state index contributed by atoms with van der Waals surface area (Å²) in [5.41, 5.74) is 5.22. The summed E-state index contributed by atoms with van der Waals surface area (Å²) in [6, 6.07) is 24.0. The zero-order valence-corrected chi connectivity index (χ0v) is 20.1. The van der Waals surface area contributed by atoms with E-state index in [-0.39, 0.29) is 5.56 Å². The fourth-order valence-corrected chi connectivity index (χ4v) is 3.83. The predicted octanol–water partition coefficient (Wildman–Crippen LogP) is 5.43. The fraction of sp³-hybridized carbons (Fsp3) is 0.0800. The first-order valence-electron chi connectivity index (χ1n) is 10.00. The SMILES string of the molecule is COC(=O)NN(C(=O)c1c(OC)c(-c2ccccc2)nc2ccccc12)c1ccc(I)cc1. The summed E-state index contributed by atoms with van der Waals surface area (Å²) in [5, 5.41) is 1.75. The molecule has 8 heteroatoms. The second-order valence-corrected chi connectivity index (χ2v) is 8.22. The number of halogens is 1. The molecule has 0 unspecified atom stereocenters. The molecule has 0 saturated carbocycles. The van der Waals surface area contributed by atoms with Gasteiger partial charge in [-0.2, -0.15) is 0 Å². The van der Waals surface area contributed by atoms with Gasteiger partial charge in [-0.15, -0.1) is 0 Å². The van der Waals surface area contributed by atoms with Crippen LogP contribution in [0, 0.1) is 3.57 Å². The lowest BCUT2D eigenvalue weighted by Gasteiger charge is -2.25. The molecule has 0 atom stereocenters. The first-order valence-corrected chi connectivity index (χ1v) is 11.1. The summed E-state index contributed by atoms with van der Waals surface area (Å²) in [7, 11) is 2.74. The summed E-state index contributed by atoms with van der Waals surface area (Å²) in [6.07, 6.45) is -0.775. The van der Waals surface area contributed by atoms with Crippen molar-refractivity contribution < 1.29 is 19.1 Å². The number of anilines is 1. The number of aromatic nitrogens is 1. The van der Waals surface area contributed by atoms with Gasteiger partial charge >= 0.3 is 6.09 Å². The molecule has 0 bridgehead atoms. The Hall–Kier alpha value is -3.66. The number of ether oxygens (including phenoxy) is 2. The highest BCUT2D eigenvalue weighted by atomic mass is 127. The van der Waals surface area contributed by atoms with Crippen molar-refractivity contribution in [1.82, 2.24) is 10.4 Å². The molecule has 33 heavy (non-hydrogen) atoms. The normalized spacial score (nSPS) is 10.5. The highest BCUT2D eigenvalue weighted by molar-refractivity contribution is 14.1. The number of methoxy groups -OCH3 is 2. The van der Waals surface area contributed by atoms with E-state index in [0.717, 1.165) is 14.1 Å². The maximum Gasteiger partial charge on any atom is 0.426 e. The second kappa shape index (κ2) is 9.86. The number of rotatable bonds is 4. The molecule has 0 spiro atoms. The molecule has 1 N–H and O–H groups in total. The van der Waals surface area contributed by atoms with E-state index in [4.69, 9.17) is 14.5 Å². The van der Waals surface area contributed by atoms with Crippen molar-refractivity contribution in [3.63, 3.8) is 0 Å². The lowest BCUT2D eigenvalue weighted by atomic mass is 10.0. The van der Waals surface area contributed by atoms with Gasteiger partial charge in [0, 0.05) is 14.5 Å². The van der Waals surface area contributed by atoms with Crippen LogP contribution in [0.4, 0.5) is 10.5 Å². The quantitative estimate of drug-likeness (QED) is 0.269. The highest BCUT2D eigenvalue weighted by Gasteiger charge is 2.28. The molecular formula is C25H20IN3O4. The highest BCUT2D eigenvalue weighted by Crippen LogP contribution is 2.37. The van der Waals surface area contributed by atoms with Gasteiger partial charge in [-0.1, -0.05) is 48.5 Å². The first kappa shape index (κ1) is 22.5. The van der Waals surface area contributed by atoms with Gasteiger partial charge in [-0.25, -0.2) is 20.2 Å². The number of fused-ring (bicyclic) bond motifs is 1. The van der Waals surface area contributed by atoms with Crippen LogP contribution >= 0.6 is 22.6 Å². The van der Waals surface area contributed by atoms with Gasteiger partial charge < -0.3 is 9.47 Å². The number of hydrazine groups is 1. The van der Waals surface area contributed by atoms with Crippen molar-refractivity contribution in [1.29, 1.82) is 0 Å². The molecular weight excluding hydrogens is 533 g/mol. The van der Waals surface area contributed by atoms with Crippen LogP contribution in [0.25, 0.3) is 22.2 Å². The van der Waals surface area contributed by atoms with Crippen LogP contribution in [0.5, 0.6) is 5.75 Å². The van der Waals surface area contributed by atoms with Crippen LogP contribution < -0.4 is 15.2 Å². The molecule has 0 radical (unpaired) electrons. The third-order valence-corrected chi connectivity index (χ3v) is 5.71. The molecule has 1 aromatic heterocycles. The molecule has 0 aliphatic heterocycles. The molecule has 2 amide bonds. The van der Waals surface area contributed by atoms with Crippen LogP contribution in [0.2, 0.25) is 0 Å². The van der Waals surface area contributed by atoms with Crippen molar-refractivity contribution >= 4 is 51.2 Å². The van der Waals surface area contributed by atoms with E-state index in [2.05, 4.69) is 28.0 Å². The molecule has 4 aromatic rings. The Kier molecular flexibility index (Phi) is 6.74. The Balaban J connectivity index is 1.96. The summed E-state index contributed by atoms with van der Waals surface area (Å²) in [4.78, 5) is 30.9. The van der Waals surface area contributed by atoms with Crippen LogP contribution in [0.3, 0.4) is 0 Å². The van der Waals surface area contributed by atoms with Crippen molar-refractivity contribution in [3.8, 4) is 17.0 Å². The third-order valence-electron chi connectivity index (χ3n) is 4.99. The Bertz CT molecular complexity index is 1310. The van der Waals surface area contributed by atoms with Crippen molar-refractivity contribution in [2.24, 2.45) is 0 Å². The maximum absolute atomic E-state index is 14.0. The van der Waals surface area contributed by atoms with Gasteiger partial charge in [-0.3, -0.25) is 4.79 Å². The fourth-order valence-electron chi connectivity index (χ4n) is 3.47. The van der Waals surface area contributed by atoms with E-state index in [1.54, 1.807) is 18.2 Å². The second-order valence-electron chi connectivity index (χ2n) is 6.97. The van der Waals surface area contributed by atoms with Crippen molar-refractivity contribution in [3.05, 3.63) is 88.0 Å². The smallest absolute Gasteiger partial charge is 0.426 e. The van der Waals surface area contributed by atoms with Gasteiger partial charge in [0.25, 0.3) is 5.91 Å². The van der Waals surface area contributed by atoms with Crippen LogP contribution in [0.1, 0.15) is 10.4 Å². The molecule has 0 saturated heterocycles. The summed E-state index contributed by atoms with van der Waals surface area (Å²) in [6.45, 7) is 0. The standard InChI is InChI=1S/C25H20IN3O4/c1-32-23-21(24(30)29(28-25(31)33-2)18-14-12-17(26)13-15-18)19-10-6-7-11-20(19)27-22(23)16-8-4-3-5-9-16/h3-15H,1-2H3,(H,28,31). The first-order chi connectivity index (χ1) is 16.0. The number of para-hydroxylation sites is 1. The molecule has 4 rings (SSSR count). The molecule has 0 fully saturated rings. The van der Waals surface area contributed by atoms with Gasteiger partial charge in [0.05, 0.1) is 31.0 Å². The zero-order chi connectivity index (χ0) is 23.4. The minimum absolute atomic E-state index is 0.275. The Morgan fingerprint density at radius 2 is 1.58 bits per heavy atom. The number of carbonyl (C=O) groups excluding carboxylic acids is 2. The third kappa shape index (κ3) is 4.61. The number of hydrogen-bond donors (Lipinski definition) is 1. The number of nitrogens with zero attached hydrogens (tertiary/aromatic N) is 2. The monoisotopic (exact) mass is 553 g/mol. The average molecular weight is 553 g/mol. The number of amides is 2.